The molecule has 0 spiro atoms. The van der Waals surface area contributed by atoms with E-state index in [1.165, 1.54) is 0 Å². The molecule has 5 nitrogen and oxygen atoms in total. The number of benzene rings is 1. The molecule has 0 saturated heterocycles. The van der Waals surface area contributed by atoms with Gasteiger partial charge in [-0.05, 0) is 38.1 Å². The number of aromatic nitrogens is 2. The van der Waals surface area contributed by atoms with Crippen LogP contribution in [0.3, 0.4) is 0 Å². The molecule has 2 aromatic heterocycles. The van der Waals surface area contributed by atoms with Crippen molar-refractivity contribution >= 4 is 11.6 Å². The van der Waals surface area contributed by atoms with E-state index in [-0.39, 0.29) is 5.91 Å². The number of hydrogen-bond acceptors (Lipinski definition) is 3. The van der Waals surface area contributed by atoms with Gasteiger partial charge in [0.05, 0.1) is 6.26 Å². The van der Waals surface area contributed by atoms with Crippen molar-refractivity contribution in [2.75, 3.05) is 5.32 Å². The van der Waals surface area contributed by atoms with E-state index in [2.05, 4.69) is 10.4 Å². The van der Waals surface area contributed by atoms with Crippen LogP contribution in [0.4, 0.5) is 5.69 Å². The lowest BCUT2D eigenvalue weighted by Crippen LogP contribution is -2.13. The van der Waals surface area contributed by atoms with E-state index >= 15 is 0 Å². The minimum absolute atomic E-state index is 0.233. The summed E-state index contributed by atoms with van der Waals surface area (Å²) >= 11 is 0. The summed E-state index contributed by atoms with van der Waals surface area (Å²) in [6.07, 6.45) is 1.61. The van der Waals surface area contributed by atoms with Gasteiger partial charge in [0.25, 0.3) is 5.91 Å². The number of anilines is 1. The molecule has 0 aliphatic heterocycles. The number of amides is 1. The third-order valence-electron chi connectivity index (χ3n) is 3.40. The minimum Gasteiger partial charge on any atom is -0.463 e. The van der Waals surface area contributed by atoms with Crippen molar-refractivity contribution < 1.29 is 9.21 Å². The first-order chi connectivity index (χ1) is 10.7. The van der Waals surface area contributed by atoms with Gasteiger partial charge in [-0.2, -0.15) is 5.10 Å². The summed E-state index contributed by atoms with van der Waals surface area (Å²) in [4.78, 5) is 12.3. The first-order valence-corrected chi connectivity index (χ1v) is 7.17. The lowest BCUT2D eigenvalue weighted by atomic mass is 10.2. The monoisotopic (exact) mass is 295 g/mol. The molecule has 5 heteroatoms. The highest BCUT2D eigenvalue weighted by molar-refractivity contribution is 6.03. The second kappa shape index (κ2) is 5.89. The molecule has 0 aliphatic rings. The van der Waals surface area contributed by atoms with Crippen LogP contribution in [-0.2, 0) is 6.54 Å². The Hall–Kier alpha value is -2.82. The number of nitrogens with zero attached hydrogens (tertiary/aromatic N) is 2. The molecule has 1 amide bonds. The SMILES string of the molecule is CCn1nc(C(=O)Nc2ccc(C)cc2)cc1-c1ccco1. The van der Waals surface area contributed by atoms with Gasteiger partial charge in [-0.25, -0.2) is 0 Å². The standard InChI is InChI=1S/C17H17N3O2/c1-3-20-15(16-5-4-10-22-16)11-14(19-20)17(21)18-13-8-6-12(2)7-9-13/h4-11H,3H2,1-2H3,(H,18,21). The van der Waals surface area contributed by atoms with Gasteiger partial charge in [0, 0.05) is 18.3 Å². The smallest absolute Gasteiger partial charge is 0.276 e. The number of rotatable bonds is 4. The van der Waals surface area contributed by atoms with E-state index in [1.54, 1.807) is 17.0 Å². The molecule has 3 aromatic rings. The van der Waals surface area contributed by atoms with Crippen LogP contribution >= 0.6 is 0 Å². The molecular formula is C17H17N3O2. The Morgan fingerprint density at radius 3 is 2.68 bits per heavy atom. The van der Waals surface area contributed by atoms with Crippen LogP contribution in [0.2, 0.25) is 0 Å². The summed E-state index contributed by atoms with van der Waals surface area (Å²) in [5.74, 6) is 0.465. The van der Waals surface area contributed by atoms with E-state index in [4.69, 9.17) is 4.42 Å². The van der Waals surface area contributed by atoms with Crippen LogP contribution in [0.1, 0.15) is 23.0 Å². The second-order valence-electron chi connectivity index (χ2n) is 5.03. The van der Waals surface area contributed by atoms with E-state index in [0.29, 0.717) is 18.0 Å². The van der Waals surface area contributed by atoms with Crippen molar-refractivity contribution in [2.24, 2.45) is 0 Å². The maximum Gasteiger partial charge on any atom is 0.276 e. The lowest BCUT2D eigenvalue weighted by molar-refractivity contribution is 0.102. The number of hydrogen-bond donors (Lipinski definition) is 1. The molecule has 1 N–H and O–H groups in total. The Bertz CT molecular complexity index is 771. The summed E-state index contributed by atoms with van der Waals surface area (Å²) in [5.41, 5.74) is 3.06. The van der Waals surface area contributed by atoms with Crippen molar-refractivity contribution in [1.29, 1.82) is 0 Å². The minimum atomic E-state index is -0.233. The maximum absolute atomic E-state index is 12.3. The van der Waals surface area contributed by atoms with Gasteiger partial charge >= 0.3 is 0 Å². The number of carbonyl (C=O) groups excluding carboxylic acids is 1. The van der Waals surface area contributed by atoms with Crippen LogP contribution in [0.25, 0.3) is 11.5 Å². The summed E-state index contributed by atoms with van der Waals surface area (Å²) in [5, 5.41) is 7.19. The fourth-order valence-electron chi connectivity index (χ4n) is 2.22. The molecule has 1 aromatic carbocycles. The molecule has 22 heavy (non-hydrogen) atoms. The molecule has 0 atom stereocenters. The van der Waals surface area contributed by atoms with Crippen molar-refractivity contribution in [2.45, 2.75) is 20.4 Å². The first-order valence-electron chi connectivity index (χ1n) is 7.17. The van der Waals surface area contributed by atoms with Gasteiger partial charge in [0.1, 0.15) is 5.69 Å². The molecule has 0 saturated carbocycles. The molecule has 0 fully saturated rings. The lowest BCUT2D eigenvalue weighted by Gasteiger charge is -2.03. The summed E-state index contributed by atoms with van der Waals surface area (Å²) in [6, 6.07) is 13.1. The van der Waals surface area contributed by atoms with Crippen LogP contribution in [0.5, 0.6) is 0 Å². The average Bonchev–Trinajstić information content (AvgIpc) is 3.17. The topological polar surface area (TPSA) is 60.1 Å². The fourth-order valence-corrected chi connectivity index (χ4v) is 2.22. The molecular weight excluding hydrogens is 278 g/mol. The van der Waals surface area contributed by atoms with Crippen molar-refractivity contribution in [3.63, 3.8) is 0 Å². The molecule has 0 bridgehead atoms. The second-order valence-corrected chi connectivity index (χ2v) is 5.03. The maximum atomic E-state index is 12.3. The largest absolute Gasteiger partial charge is 0.463 e. The Kier molecular flexibility index (Phi) is 3.78. The normalized spacial score (nSPS) is 10.6. The van der Waals surface area contributed by atoms with E-state index in [0.717, 1.165) is 16.9 Å². The zero-order chi connectivity index (χ0) is 15.5. The van der Waals surface area contributed by atoms with Crippen molar-refractivity contribution in [3.8, 4) is 11.5 Å². The first kappa shape index (κ1) is 14.1. The highest BCUT2D eigenvalue weighted by Crippen LogP contribution is 2.21. The van der Waals surface area contributed by atoms with E-state index < -0.39 is 0 Å². The third-order valence-corrected chi connectivity index (χ3v) is 3.40. The van der Waals surface area contributed by atoms with Gasteiger partial charge in [-0.3, -0.25) is 9.48 Å². The van der Waals surface area contributed by atoms with Crippen molar-refractivity contribution in [3.05, 3.63) is 60.0 Å². The van der Waals surface area contributed by atoms with Gasteiger partial charge in [-0.1, -0.05) is 17.7 Å². The molecule has 0 unspecified atom stereocenters. The summed E-state index contributed by atoms with van der Waals surface area (Å²) < 4.78 is 7.15. The Labute approximate surface area is 128 Å². The van der Waals surface area contributed by atoms with E-state index in [9.17, 15) is 4.79 Å². The van der Waals surface area contributed by atoms with Gasteiger partial charge in [0.15, 0.2) is 11.5 Å². The summed E-state index contributed by atoms with van der Waals surface area (Å²) in [7, 11) is 0. The predicted molar refractivity (Wildman–Crippen MR) is 84.7 cm³/mol. The van der Waals surface area contributed by atoms with Crippen molar-refractivity contribution in [1.82, 2.24) is 9.78 Å². The molecule has 112 valence electrons. The molecule has 3 rings (SSSR count). The van der Waals surface area contributed by atoms with Crippen LogP contribution in [0.15, 0.2) is 53.1 Å². The fraction of sp³-hybridized carbons (Fsp3) is 0.176. The van der Waals surface area contributed by atoms with Crippen LogP contribution < -0.4 is 5.32 Å². The number of nitrogens with one attached hydrogen (secondary N) is 1. The Morgan fingerprint density at radius 2 is 2.05 bits per heavy atom. The Morgan fingerprint density at radius 1 is 1.27 bits per heavy atom. The zero-order valence-electron chi connectivity index (χ0n) is 12.5. The van der Waals surface area contributed by atoms with Gasteiger partial charge in [0.2, 0.25) is 0 Å². The third kappa shape index (κ3) is 2.79. The molecule has 2 heterocycles. The number of furan rings is 1. The number of aryl methyl sites for hydroxylation is 2. The van der Waals surface area contributed by atoms with E-state index in [1.807, 2.05) is 50.2 Å². The highest BCUT2D eigenvalue weighted by atomic mass is 16.3. The van der Waals surface area contributed by atoms with Crippen LogP contribution in [-0.4, -0.2) is 15.7 Å². The van der Waals surface area contributed by atoms with Crippen LogP contribution in [0, 0.1) is 6.92 Å². The zero-order valence-corrected chi connectivity index (χ0v) is 12.5. The van der Waals surface area contributed by atoms with Gasteiger partial charge < -0.3 is 9.73 Å². The highest BCUT2D eigenvalue weighted by Gasteiger charge is 2.16. The average molecular weight is 295 g/mol. The quantitative estimate of drug-likeness (QED) is 0.798. The predicted octanol–water partition coefficient (Wildman–Crippen LogP) is 3.72. The molecule has 0 radical (unpaired) electrons. The number of carbonyl (C=O) groups is 1. The van der Waals surface area contributed by atoms with Gasteiger partial charge in [-0.15, -0.1) is 0 Å². The summed E-state index contributed by atoms with van der Waals surface area (Å²) in [6.45, 7) is 4.64. The molecule has 0 aliphatic carbocycles. The Balaban J connectivity index is 1.85.